The van der Waals surface area contributed by atoms with E-state index >= 15 is 0 Å². The van der Waals surface area contributed by atoms with Gasteiger partial charge in [-0.05, 0) is 26.0 Å². The van der Waals surface area contributed by atoms with Crippen LogP contribution in [0.25, 0.3) is 0 Å². The molecule has 1 amide bonds. The summed E-state index contributed by atoms with van der Waals surface area (Å²) >= 11 is 0. The van der Waals surface area contributed by atoms with E-state index in [9.17, 15) is 4.79 Å². The zero-order chi connectivity index (χ0) is 12.0. The molecular weight excluding hydrogens is 206 g/mol. The summed E-state index contributed by atoms with van der Waals surface area (Å²) in [6, 6.07) is 3.47. The van der Waals surface area contributed by atoms with Gasteiger partial charge in [0.15, 0.2) is 5.69 Å². The van der Waals surface area contributed by atoms with Crippen molar-refractivity contribution in [3.8, 4) is 0 Å². The number of carbonyl (C=O) groups is 1. The smallest absolute Gasteiger partial charge is 0.271 e. The molecule has 0 saturated heterocycles. The lowest BCUT2D eigenvalue weighted by molar-refractivity contribution is 0.0950. The third-order valence-corrected chi connectivity index (χ3v) is 1.98. The Morgan fingerprint density at radius 1 is 1.50 bits per heavy atom. The molecule has 0 aliphatic carbocycles. The van der Waals surface area contributed by atoms with Crippen molar-refractivity contribution < 1.29 is 4.79 Å². The minimum Gasteiger partial charge on any atom is -0.365 e. The van der Waals surface area contributed by atoms with Gasteiger partial charge in [-0.1, -0.05) is 0 Å². The van der Waals surface area contributed by atoms with Gasteiger partial charge in [-0.2, -0.15) is 0 Å². The van der Waals surface area contributed by atoms with Crippen LogP contribution in [0, 0.1) is 0 Å². The first-order chi connectivity index (χ1) is 7.67. The Hall–Kier alpha value is -1.69. The maximum atomic E-state index is 11.4. The molecule has 0 aromatic carbocycles. The first-order valence-electron chi connectivity index (χ1n) is 5.26. The van der Waals surface area contributed by atoms with Crippen molar-refractivity contribution in [2.45, 2.75) is 19.9 Å². The molecule has 0 bridgehead atoms. The van der Waals surface area contributed by atoms with Crippen LogP contribution in [0.5, 0.6) is 0 Å². The fraction of sp³-hybridized carbons (Fsp3) is 0.500. The van der Waals surface area contributed by atoms with Crippen LogP contribution in [0.2, 0.25) is 0 Å². The summed E-state index contributed by atoms with van der Waals surface area (Å²) in [4.78, 5) is 11.4. The largest absolute Gasteiger partial charge is 0.365 e. The van der Waals surface area contributed by atoms with Crippen LogP contribution in [-0.4, -0.2) is 35.2 Å². The van der Waals surface area contributed by atoms with Crippen LogP contribution < -0.4 is 16.4 Å². The number of anilines is 1. The summed E-state index contributed by atoms with van der Waals surface area (Å²) in [7, 11) is 0. The quantitative estimate of drug-likeness (QED) is 0.652. The van der Waals surface area contributed by atoms with Gasteiger partial charge in [0, 0.05) is 19.1 Å². The molecule has 1 aromatic rings. The van der Waals surface area contributed by atoms with Crippen molar-refractivity contribution in [2.75, 3.05) is 18.4 Å². The van der Waals surface area contributed by atoms with Crippen LogP contribution in [0.4, 0.5) is 5.82 Å². The van der Waals surface area contributed by atoms with Crippen molar-refractivity contribution in [2.24, 2.45) is 5.73 Å². The highest BCUT2D eigenvalue weighted by atomic mass is 16.1. The van der Waals surface area contributed by atoms with E-state index in [1.54, 1.807) is 12.1 Å². The standard InChI is InChI=1S/C10H17N5O/c1-3-12-10(16)8-4-5-9(15-14-8)13-7(2)6-11/h4-5,7H,3,6,11H2,1-2H3,(H,12,16)(H,13,15). The highest BCUT2D eigenvalue weighted by Crippen LogP contribution is 2.03. The van der Waals surface area contributed by atoms with E-state index in [-0.39, 0.29) is 11.9 Å². The Morgan fingerprint density at radius 3 is 2.75 bits per heavy atom. The number of carbonyl (C=O) groups excluding carboxylic acids is 1. The number of nitrogens with one attached hydrogen (secondary N) is 2. The van der Waals surface area contributed by atoms with Gasteiger partial charge < -0.3 is 16.4 Å². The number of rotatable bonds is 5. The maximum Gasteiger partial charge on any atom is 0.271 e. The van der Waals surface area contributed by atoms with Crippen molar-refractivity contribution in [1.29, 1.82) is 0 Å². The minimum atomic E-state index is -0.214. The molecule has 0 spiro atoms. The van der Waals surface area contributed by atoms with Crippen molar-refractivity contribution in [3.05, 3.63) is 17.8 Å². The lowest BCUT2D eigenvalue weighted by Crippen LogP contribution is -2.27. The number of hydrogen-bond donors (Lipinski definition) is 3. The molecular formula is C10H17N5O. The Bertz CT molecular complexity index is 338. The van der Waals surface area contributed by atoms with E-state index in [1.165, 1.54) is 0 Å². The maximum absolute atomic E-state index is 11.4. The van der Waals surface area contributed by atoms with Gasteiger partial charge in [-0.25, -0.2) is 0 Å². The molecule has 0 aliphatic rings. The van der Waals surface area contributed by atoms with Crippen LogP contribution in [0.15, 0.2) is 12.1 Å². The van der Waals surface area contributed by atoms with Crippen molar-refractivity contribution >= 4 is 11.7 Å². The van der Waals surface area contributed by atoms with Crippen molar-refractivity contribution in [3.63, 3.8) is 0 Å². The van der Waals surface area contributed by atoms with E-state index < -0.39 is 0 Å². The van der Waals surface area contributed by atoms with Gasteiger partial charge in [0.2, 0.25) is 0 Å². The second-order valence-corrected chi connectivity index (χ2v) is 3.44. The number of aromatic nitrogens is 2. The van der Waals surface area contributed by atoms with Gasteiger partial charge in [0.1, 0.15) is 5.82 Å². The first kappa shape index (κ1) is 12.4. The third kappa shape index (κ3) is 3.47. The molecule has 1 rings (SSSR count). The van der Waals surface area contributed by atoms with E-state index in [0.717, 1.165) is 0 Å². The van der Waals surface area contributed by atoms with Gasteiger partial charge in [-0.15, -0.1) is 10.2 Å². The molecule has 0 saturated carbocycles. The molecule has 0 fully saturated rings. The first-order valence-corrected chi connectivity index (χ1v) is 5.26. The highest BCUT2D eigenvalue weighted by molar-refractivity contribution is 5.92. The average Bonchev–Trinajstić information content (AvgIpc) is 2.30. The summed E-state index contributed by atoms with van der Waals surface area (Å²) in [6.07, 6.45) is 0. The lowest BCUT2D eigenvalue weighted by Gasteiger charge is -2.11. The molecule has 16 heavy (non-hydrogen) atoms. The van der Waals surface area contributed by atoms with Gasteiger partial charge in [0.25, 0.3) is 5.91 Å². The normalized spacial score (nSPS) is 11.9. The topological polar surface area (TPSA) is 92.9 Å². The second-order valence-electron chi connectivity index (χ2n) is 3.44. The molecule has 0 radical (unpaired) electrons. The number of hydrogen-bond acceptors (Lipinski definition) is 5. The molecule has 6 nitrogen and oxygen atoms in total. The van der Waals surface area contributed by atoms with E-state index in [1.807, 2.05) is 13.8 Å². The summed E-state index contributed by atoms with van der Waals surface area (Å²) in [5.41, 5.74) is 5.78. The summed E-state index contributed by atoms with van der Waals surface area (Å²) < 4.78 is 0. The Balaban J connectivity index is 2.64. The van der Waals surface area contributed by atoms with Crippen LogP contribution in [0.1, 0.15) is 24.3 Å². The fourth-order valence-electron chi connectivity index (χ4n) is 1.09. The number of nitrogens with two attached hydrogens (primary N) is 1. The summed E-state index contributed by atoms with van der Waals surface area (Å²) in [5, 5.41) is 13.4. The predicted octanol–water partition coefficient (Wildman–Crippen LogP) is -0.0146. The third-order valence-electron chi connectivity index (χ3n) is 1.98. The van der Waals surface area contributed by atoms with Gasteiger partial charge >= 0.3 is 0 Å². The summed E-state index contributed by atoms with van der Waals surface area (Å²) in [5.74, 6) is 0.402. The van der Waals surface area contributed by atoms with Gasteiger partial charge in [-0.3, -0.25) is 4.79 Å². The zero-order valence-electron chi connectivity index (χ0n) is 9.53. The monoisotopic (exact) mass is 223 g/mol. The van der Waals surface area contributed by atoms with Crippen LogP contribution in [0.3, 0.4) is 0 Å². The van der Waals surface area contributed by atoms with E-state index in [0.29, 0.717) is 24.6 Å². The highest BCUT2D eigenvalue weighted by Gasteiger charge is 2.07. The summed E-state index contributed by atoms with van der Waals surface area (Å²) in [6.45, 7) is 4.88. The molecule has 0 aliphatic heterocycles. The molecule has 1 aromatic heterocycles. The number of amides is 1. The Kier molecular flexibility index (Phi) is 4.65. The number of nitrogens with zero attached hydrogens (tertiary/aromatic N) is 2. The van der Waals surface area contributed by atoms with Gasteiger partial charge in [0.05, 0.1) is 0 Å². The molecule has 88 valence electrons. The van der Waals surface area contributed by atoms with E-state index in [4.69, 9.17) is 5.73 Å². The van der Waals surface area contributed by atoms with Crippen molar-refractivity contribution in [1.82, 2.24) is 15.5 Å². The SMILES string of the molecule is CCNC(=O)c1ccc(NC(C)CN)nn1. The van der Waals surface area contributed by atoms with Crippen LogP contribution >= 0.6 is 0 Å². The van der Waals surface area contributed by atoms with E-state index in [2.05, 4.69) is 20.8 Å². The molecule has 1 atom stereocenters. The van der Waals surface area contributed by atoms with Crippen LogP contribution in [-0.2, 0) is 0 Å². The minimum absolute atomic E-state index is 0.129. The molecule has 4 N–H and O–H groups in total. The Labute approximate surface area is 94.6 Å². The molecule has 6 heteroatoms. The zero-order valence-corrected chi connectivity index (χ0v) is 9.53. The Morgan fingerprint density at radius 2 is 2.25 bits per heavy atom. The molecule has 1 heterocycles. The lowest BCUT2D eigenvalue weighted by atomic mass is 10.3. The fourth-order valence-corrected chi connectivity index (χ4v) is 1.09. The average molecular weight is 223 g/mol. The molecule has 1 unspecified atom stereocenters. The second kappa shape index (κ2) is 6.02. The predicted molar refractivity (Wildman–Crippen MR) is 62.2 cm³/mol.